The van der Waals surface area contributed by atoms with E-state index in [0.717, 1.165) is 31.0 Å². The van der Waals surface area contributed by atoms with Crippen molar-refractivity contribution < 1.29 is 0 Å². The molecule has 3 nitrogen and oxygen atoms in total. The van der Waals surface area contributed by atoms with Crippen molar-refractivity contribution in [1.82, 2.24) is 9.97 Å². The Hall–Kier alpha value is -1.94. The molecule has 0 radical (unpaired) electrons. The highest BCUT2D eigenvalue weighted by molar-refractivity contribution is 7.19. The zero-order valence-corrected chi connectivity index (χ0v) is 15.0. The van der Waals surface area contributed by atoms with E-state index in [9.17, 15) is 0 Å². The van der Waals surface area contributed by atoms with Crippen LogP contribution in [0.4, 0.5) is 5.82 Å². The molecule has 0 spiro atoms. The summed E-state index contributed by atoms with van der Waals surface area (Å²) in [5.74, 6) is 2.00. The minimum Gasteiger partial charge on any atom is -0.369 e. The van der Waals surface area contributed by atoms with Gasteiger partial charge in [0.2, 0.25) is 0 Å². The second-order valence-electron chi connectivity index (χ2n) is 6.40. The summed E-state index contributed by atoms with van der Waals surface area (Å²) in [7, 11) is 0. The van der Waals surface area contributed by atoms with E-state index in [1.807, 2.05) is 11.3 Å². The first-order valence-corrected chi connectivity index (χ1v) is 9.75. The third-order valence-electron chi connectivity index (χ3n) is 4.73. The largest absolute Gasteiger partial charge is 0.369 e. The molecule has 1 N–H and O–H groups in total. The van der Waals surface area contributed by atoms with Gasteiger partial charge in [0.25, 0.3) is 0 Å². The van der Waals surface area contributed by atoms with Crippen LogP contribution in [0.5, 0.6) is 0 Å². The number of fused-ring (bicyclic) bond motifs is 3. The second kappa shape index (κ2) is 6.89. The Morgan fingerprint density at radius 2 is 1.92 bits per heavy atom. The molecule has 0 saturated carbocycles. The molecular formula is C20H23N3S. The first-order valence-electron chi connectivity index (χ1n) is 8.94. The van der Waals surface area contributed by atoms with Crippen molar-refractivity contribution in [3.05, 3.63) is 52.2 Å². The predicted molar refractivity (Wildman–Crippen MR) is 102 cm³/mol. The summed E-state index contributed by atoms with van der Waals surface area (Å²) in [5.41, 5.74) is 2.87. The number of benzene rings is 1. The van der Waals surface area contributed by atoms with E-state index < -0.39 is 0 Å². The van der Waals surface area contributed by atoms with E-state index in [2.05, 4.69) is 42.6 Å². The number of thiophene rings is 1. The number of aromatic nitrogens is 2. The maximum absolute atomic E-state index is 4.82. The molecule has 4 heteroatoms. The fraction of sp³-hybridized carbons (Fsp3) is 0.400. The molecule has 1 aromatic carbocycles. The van der Waals surface area contributed by atoms with Crippen LogP contribution in [0.2, 0.25) is 0 Å². The monoisotopic (exact) mass is 337 g/mol. The molecule has 124 valence electrons. The minimum atomic E-state index is 0.881. The second-order valence-corrected chi connectivity index (χ2v) is 7.48. The lowest BCUT2D eigenvalue weighted by molar-refractivity contribution is 0.700. The summed E-state index contributed by atoms with van der Waals surface area (Å²) in [6, 6.07) is 10.6. The van der Waals surface area contributed by atoms with Gasteiger partial charge in [0.05, 0.1) is 5.39 Å². The van der Waals surface area contributed by atoms with Crippen molar-refractivity contribution in [3.8, 4) is 0 Å². The van der Waals surface area contributed by atoms with Crippen LogP contribution >= 0.6 is 11.3 Å². The highest BCUT2D eigenvalue weighted by Gasteiger charge is 2.20. The van der Waals surface area contributed by atoms with Gasteiger partial charge in [-0.3, -0.25) is 0 Å². The molecule has 2 aromatic heterocycles. The van der Waals surface area contributed by atoms with E-state index in [4.69, 9.17) is 9.97 Å². The van der Waals surface area contributed by atoms with Crippen molar-refractivity contribution in [2.45, 2.75) is 45.4 Å². The predicted octanol–water partition coefficient (Wildman–Crippen LogP) is 4.79. The molecule has 0 saturated heterocycles. The fourth-order valence-corrected chi connectivity index (χ4v) is 4.74. The average Bonchev–Trinajstić information content (AvgIpc) is 3.01. The first-order chi connectivity index (χ1) is 11.8. The Labute approximate surface area is 147 Å². The molecule has 0 bridgehead atoms. The standard InChI is InChI=1S/C20H23N3S/c1-2-17-22-19(21-13-12-14-8-4-3-5-9-14)18-15-10-6-7-11-16(15)24-20(18)23-17/h3-5,8-9H,2,6-7,10-13H2,1H3,(H,21,22,23). The van der Waals surface area contributed by atoms with E-state index >= 15 is 0 Å². The summed E-state index contributed by atoms with van der Waals surface area (Å²) in [5, 5.41) is 4.89. The smallest absolute Gasteiger partial charge is 0.138 e. The van der Waals surface area contributed by atoms with E-state index in [1.54, 1.807) is 0 Å². The lowest BCUT2D eigenvalue weighted by atomic mass is 9.97. The number of nitrogens with zero attached hydrogens (tertiary/aromatic N) is 2. The summed E-state index contributed by atoms with van der Waals surface area (Å²) >= 11 is 1.88. The molecule has 3 aromatic rings. The lowest BCUT2D eigenvalue weighted by Crippen LogP contribution is -2.09. The zero-order valence-electron chi connectivity index (χ0n) is 14.1. The topological polar surface area (TPSA) is 37.8 Å². The lowest BCUT2D eigenvalue weighted by Gasteiger charge is -2.13. The van der Waals surface area contributed by atoms with Crippen LogP contribution < -0.4 is 5.32 Å². The molecule has 0 unspecified atom stereocenters. The van der Waals surface area contributed by atoms with Crippen LogP contribution in [0.3, 0.4) is 0 Å². The molecule has 1 aliphatic rings. The molecule has 24 heavy (non-hydrogen) atoms. The maximum Gasteiger partial charge on any atom is 0.138 e. The minimum absolute atomic E-state index is 0.881. The SMILES string of the molecule is CCc1nc(NCCc2ccccc2)c2c3c(sc2n1)CCCC3. The first kappa shape index (κ1) is 15.6. The molecule has 0 atom stereocenters. The number of rotatable bonds is 5. The Bertz CT molecular complexity index is 839. The number of nitrogens with one attached hydrogen (secondary N) is 1. The Kier molecular flexibility index (Phi) is 4.48. The van der Waals surface area contributed by atoms with Gasteiger partial charge in [0.15, 0.2) is 0 Å². The summed E-state index contributed by atoms with van der Waals surface area (Å²) in [4.78, 5) is 12.3. The molecule has 0 aliphatic heterocycles. The van der Waals surface area contributed by atoms with Gasteiger partial charge in [-0.15, -0.1) is 11.3 Å². The molecule has 0 fully saturated rings. The van der Waals surface area contributed by atoms with Gasteiger partial charge in [0.1, 0.15) is 16.5 Å². The van der Waals surface area contributed by atoms with Crippen LogP contribution in [-0.4, -0.2) is 16.5 Å². The number of aryl methyl sites for hydroxylation is 3. The normalized spacial score (nSPS) is 13.9. The van der Waals surface area contributed by atoms with Crippen LogP contribution in [0.1, 0.15) is 41.6 Å². The molecule has 4 rings (SSSR count). The van der Waals surface area contributed by atoms with Crippen molar-refractivity contribution in [2.75, 3.05) is 11.9 Å². The van der Waals surface area contributed by atoms with Crippen LogP contribution in [0.25, 0.3) is 10.2 Å². The van der Waals surface area contributed by atoms with Gasteiger partial charge in [0, 0.05) is 17.8 Å². The summed E-state index contributed by atoms with van der Waals surface area (Å²) < 4.78 is 0. The van der Waals surface area contributed by atoms with Crippen molar-refractivity contribution in [1.29, 1.82) is 0 Å². The average molecular weight is 337 g/mol. The number of hydrogen-bond acceptors (Lipinski definition) is 4. The zero-order chi connectivity index (χ0) is 16.4. The van der Waals surface area contributed by atoms with E-state index in [1.165, 1.54) is 51.9 Å². The van der Waals surface area contributed by atoms with Crippen LogP contribution in [-0.2, 0) is 25.7 Å². The van der Waals surface area contributed by atoms with Gasteiger partial charge >= 0.3 is 0 Å². The summed E-state index contributed by atoms with van der Waals surface area (Å²) in [6.07, 6.45) is 6.88. The van der Waals surface area contributed by atoms with Crippen LogP contribution in [0, 0.1) is 0 Å². The number of hydrogen-bond donors (Lipinski definition) is 1. The fourth-order valence-electron chi connectivity index (χ4n) is 3.46. The quantitative estimate of drug-likeness (QED) is 0.727. The van der Waals surface area contributed by atoms with Gasteiger partial charge in [-0.25, -0.2) is 9.97 Å². The van der Waals surface area contributed by atoms with E-state index in [-0.39, 0.29) is 0 Å². The van der Waals surface area contributed by atoms with Gasteiger partial charge in [-0.2, -0.15) is 0 Å². The Balaban J connectivity index is 1.64. The Morgan fingerprint density at radius 1 is 1.08 bits per heavy atom. The molecule has 2 heterocycles. The maximum atomic E-state index is 4.82. The Morgan fingerprint density at radius 3 is 2.75 bits per heavy atom. The highest BCUT2D eigenvalue weighted by atomic mass is 32.1. The van der Waals surface area contributed by atoms with Gasteiger partial charge < -0.3 is 5.32 Å². The third kappa shape index (κ3) is 3.03. The van der Waals surface area contributed by atoms with Crippen molar-refractivity contribution in [3.63, 3.8) is 0 Å². The summed E-state index contributed by atoms with van der Waals surface area (Å²) in [6.45, 7) is 3.03. The van der Waals surface area contributed by atoms with Crippen LogP contribution in [0.15, 0.2) is 30.3 Å². The molecule has 1 aliphatic carbocycles. The van der Waals surface area contributed by atoms with Crippen molar-refractivity contribution >= 4 is 27.4 Å². The highest BCUT2D eigenvalue weighted by Crippen LogP contribution is 2.38. The molecule has 0 amide bonds. The number of anilines is 1. The molecular weight excluding hydrogens is 314 g/mol. The third-order valence-corrected chi connectivity index (χ3v) is 5.91. The van der Waals surface area contributed by atoms with E-state index in [0.29, 0.717) is 0 Å². The van der Waals surface area contributed by atoms with Gasteiger partial charge in [-0.05, 0) is 43.2 Å². The van der Waals surface area contributed by atoms with Gasteiger partial charge in [-0.1, -0.05) is 37.3 Å². The van der Waals surface area contributed by atoms with Crippen molar-refractivity contribution in [2.24, 2.45) is 0 Å².